The highest BCUT2D eigenvalue weighted by molar-refractivity contribution is 6.00. The van der Waals surface area contributed by atoms with Gasteiger partial charge in [-0.15, -0.1) is 0 Å². The molecule has 0 spiro atoms. The fourth-order valence-electron chi connectivity index (χ4n) is 14.3. The summed E-state index contributed by atoms with van der Waals surface area (Å²) in [5.41, 5.74) is 25.7. The highest BCUT2D eigenvalue weighted by atomic mass is 15.1. The normalized spacial score (nSPS) is 15.6. The summed E-state index contributed by atoms with van der Waals surface area (Å²) in [6, 6.07) is 114. The Bertz CT molecular complexity index is 4130. The lowest BCUT2D eigenvalue weighted by Crippen LogP contribution is -2.29. The minimum Gasteiger partial charge on any atom is -0.310 e. The van der Waals surface area contributed by atoms with Gasteiger partial charge in [-0.2, -0.15) is 0 Å². The number of fused-ring (bicyclic) bond motifs is 9. The highest BCUT2D eigenvalue weighted by Gasteiger charge is 2.50. The molecular weight excluding hydrogens is 927 g/mol. The SMILES string of the molecule is CC1(c2ccccc2)c2cc(N(c3ccc4c(c3)C(c3ccccc3)(c3ccccc3)c3ccccc3-4)c3cccc4c3-c3ccccc3C4(c3ccccc3)c3ccccc3)ccc2-c2c(-c3ccccc3)cccc21. The number of anilines is 3. The molecule has 1 heteroatoms. The Labute approximate surface area is 451 Å². The van der Waals surface area contributed by atoms with Gasteiger partial charge >= 0.3 is 0 Å². The molecule has 1 nitrogen and oxygen atoms in total. The molecule has 0 radical (unpaired) electrons. The van der Waals surface area contributed by atoms with Gasteiger partial charge in [-0.3, -0.25) is 0 Å². The molecule has 0 heterocycles. The monoisotopic (exact) mass is 979 g/mol. The van der Waals surface area contributed by atoms with E-state index < -0.39 is 16.2 Å². The zero-order chi connectivity index (χ0) is 51.1. The van der Waals surface area contributed by atoms with Crippen LogP contribution in [0.1, 0.15) is 68.1 Å². The first-order valence-corrected chi connectivity index (χ1v) is 27.0. The van der Waals surface area contributed by atoms with Crippen LogP contribution in [0.3, 0.4) is 0 Å². The van der Waals surface area contributed by atoms with Crippen LogP contribution in [0.2, 0.25) is 0 Å². The Morgan fingerprint density at radius 1 is 0.247 bits per heavy atom. The molecule has 77 heavy (non-hydrogen) atoms. The lowest BCUT2D eigenvalue weighted by molar-refractivity contribution is 0.714. The molecule has 362 valence electrons. The summed E-state index contributed by atoms with van der Waals surface area (Å²) in [4.78, 5) is 2.60. The van der Waals surface area contributed by atoms with Crippen LogP contribution in [0.25, 0.3) is 44.5 Å². The van der Waals surface area contributed by atoms with E-state index in [2.05, 4.69) is 315 Å². The van der Waals surface area contributed by atoms with Crippen LogP contribution >= 0.6 is 0 Å². The summed E-state index contributed by atoms with van der Waals surface area (Å²) in [7, 11) is 0. The van der Waals surface area contributed by atoms with Crippen molar-refractivity contribution in [3.05, 3.63) is 365 Å². The fourth-order valence-corrected chi connectivity index (χ4v) is 14.3. The van der Waals surface area contributed by atoms with Crippen molar-refractivity contribution >= 4 is 17.1 Å². The zero-order valence-electron chi connectivity index (χ0n) is 42.8. The Balaban J connectivity index is 1.05. The summed E-state index contributed by atoms with van der Waals surface area (Å²) in [5.74, 6) is 0. The first kappa shape index (κ1) is 44.9. The van der Waals surface area contributed by atoms with Gasteiger partial charge in [-0.1, -0.05) is 273 Å². The van der Waals surface area contributed by atoms with Gasteiger partial charge in [0.2, 0.25) is 0 Å². The maximum atomic E-state index is 2.60. The molecule has 0 amide bonds. The smallest absolute Gasteiger partial charge is 0.0714 e. The van der Waals surface area contributed by atoms with E-state index in [1.54, 1.807) is 0 Å². The van der Waals surface area contributed by atoms with E-state index in [1.165, 1.54) is 106 Å². The average molecular weight is 980 g/mol. The van der Waals surface area contributed by atoms with Crippen molar-refractivity contribution in [1.82, 2.24) is 0 Å². The van der Waals surface area contributed by atoms with Gasteiger partial charge in [0, 0.05) is 22.4 Å². The van der Waals surface area contributed by atoms with E-state index in [1.807, 2.05) is 0 Å². The van der Waals surface area contributed by atoms with E-state index in [-0.39, 0.29) is 0 Å². The largest absolute Gasteiger partial charge is 0.310 e. The summed E-state index contributed by atoms with van der Waals surface area (Å²) in [6.45, 7) is 2.45. The first-order valence-electron chi connectivity index (χ1n) is 27.0. The van der Waals surface area contributed by atoms with Crippen molar-refractivity contribution in [2.75, 3.05) is 4.90 Å². The van der Waals surface area contributed by atoms with Crippen molar-refractivity contribution in [3.63, 3.8) is 0 Å². The van der Waals surface area contributed by atoms with E-state index in [0.717, 1.165) is 17.1 Å². The first-order chi connectivity index (χ1) is 38.1. The molecule has 0 bridgehead atoms. The molecule has 3 aliphatic carbocycles. The third-order valence-corrected chi connectivity index (χ3v) is 17.5. The Kier molecular flexibility index (Phi) is 10.2. The lowest BCUT2D eigenvalue weighted by Gasteiger charge is -2.36. The molecule has 0 aliphatic heterocycles. The Morgan fingerprint density at radius 2 is 0.623 bits per heavy atom. The quantitative estimate of drug-likeness (QED) is 0.139. The van der Waals surface area contributed by atoms with Crippen LogP contribution in [0.5, 0.6) is 0 Å². The van der Waals surface area contributed by atoms with E-state index in [4.69, 9.17) is 0 Å². The van der Waals surface area contributed by atoms with Crippen LogP contribution in [0.4, 0.5) is 17.1 Å². The maximum Gasteiger partial charge on any atom is 0.0714 e. The van der Waals surface area contributed by atoms with Gasteiger partial charge in [0.05, 0.1) is 16.5 Å². The number of hydrogen-bond donors (Lipinski definition) is 0. The minimum atomic E-state index is -0.587. The average Bonchev–Trinajstić information content (AvgIpc) is 4.18. The number of benzene rings is 12. The molecule has 0 fully saturated rings. The van der Waals surface area contributed by atoms with Gasteiger partial charge < -0.3 is 4.90 Å². The third-order valence-electron chi connectivity index (χ3n) is 17.5. The molecule has 12 aromatic rings. The van der Waals surface area contributed by atoms with Gasteiger partial charge in [0.15, 0.2) is 0 Å². The Morgan fingerprint density at radius 3 is 1.19 bits per heavy atom. The van der Waals surface area contributed by atoms with Crippen molar-refractivity contribution in [2.45, 2.75) is 23.2 Å². The number of nitrogens with zero attached hydrogens (tertiary/aromatic N) is 1. The predicted octanol–water partition coefficient (Wildman–Crippen LogP) is 18.9. The second-order valence-corrected chi connectivity index (χ2v) is 21.1. The van der Waals surface area contributed by atoms with Crippen LogP contribution in [-0.4, -0.2) is 0 Å². The number of hydrogen-bond acceptors (Lipinski definition) is 1. The highest BCUT2D eigenvalue weighted by Crippen LogP contribution is 2.63. The van der Waals surface area contributed by atoms with E-state index in [0.29, 0.717) is 0 Å². The van der Waals surface area contributed by atoms with E-state index >= 15 is 0 Å². The van der Waals surface area contributed by atoms with Crippen molar-refractivity contribution in [1.29, 1.82) is 0 Å². The van der Waals surface area contributed by atoms with E-state index in [9.17, 15) is 0 Å². The fraction of sp³-hybridized carbons (Fsp3) is 0.0526. The summed E-state index contributed by atoms with van der Waals surface area (Å²) < 4.78 is 0. The summed E-state index contributed by atoms with van der Waals surface area (Å²) >= 11 is 0. The maximum absolute atomic E-state index is 2.60. The van der Waals surface area contributed by atoms with Gasteiger partial charge in [0.1, 0.15) is 0 Å². The van der Waals surface area contributed by atoms with Crippen LogP contribution in [0, 0.1) is 0 Å². The second kappa shape index (κ2) is 17.5. The van der Waals surface area contributed by atoms with Crippen molar-refractivity contribution in [3.8, 4) is 44.5 Å². The molecule has 0 saturated heterocycles. The summed E-state index contributed by atoms with van der Waals surface area (Å²) in [6.07, 6.45) is 0. The molecule has 15 rings (SSSR count). The van der Waals surface area contributed by atoms with Crippen LogP contribution in [-0.2, 0) is 16.2 Å². The molecule has 0 saturated carbocycles. The van der Waals surface area contributed by atoms with Gasteiger partial charge in [-0.25, -0.2) is 0 Å². The molecule has 1 unspecified atom stereocenters. The van der Waals surface area contributed by atoms with Gasteiger partial charge in [0.25, 0.3) is 0 Å². The standard InChI is InChI=1S/C76H53N/c1-74(53-28-10-3-11-29-53)67-43-24-40-60(52-26-8-2-9-27-52)72(67)64-49-47-58(50-69(64)74)77(59-46-48-62-61-38-20-22-41-65(61)76(70(62)51-59,56-34-16-6-17-35-56)57-36-18-7-19-37-57)71-45-25-44-68-73(71)63-39-21-23-42-66(63)75(68,54-30-12-4-13-31-54)55-32-14-5-15-33-55/h2-51H,1H3. The van der Waals surface area contributed by atoms with Crippen LogP contribution in [0.15, 0.2) is 303 Å². The predicted molar refractivity (Wildman–Crippen MR) is 319 cm³/mol. The Hall–Kier alpha value is -9.56. The number of rotatable bonds is 9. The molecule has 0 aromatic heterocycles. The summed E-state index contributed by atoms with van der Waals surface area (Å²) in [5, 5.41) is 0. The lowest BCUT2D eigenvalue weighted by atomic mass is 9.67. The third kappa shape index (κ3) is 6.35. The minimum absolute atomic E-state index is 0.464. The molecular formula is C76H53N. The molecule has 3 aliphatic rings. The van der Waals surface area contributed by atoms with Gasteiger partial charge in [-0.05, 0) is 137 Å². The zero-order valence-corrected chi connectivity index (χ0v) is 42.8. The van der Waals surface area contributed by atoms with Crippen molar-refractivity contribution < 1.29 is 0 Å². The molecule has 12 aromatic carbocycles. The molecule has 1 atom stereocenters. The van der Waals surface area contributed by atoms with Crippen molar-refractivity contribution in [2.24, 2.45) is 0 Å². The molecule has 0 N–H and O–H groups in total. The topological polar surface area (TPSA) is 3.24 Å². The van der Waals surface area contributed by atoms with Crippen LogP contribution < -0.4 is 4.90 Å². The second-order valence-electron chi connectivity index (χ2n) is 21.1.